The van der Waals surface area contributed by atoms with Gasteiger partial charge in [-0.1, -0.05) is 25.0 Å². The van der Waals surface area contributed by atoms with Crippen molar-refractivity contribution in [2.24, 2.45) is 5.41 Å². The molecular formula is C17H23N3O2. The largest absolute Gasteiger partial charge is 0.396 e. The number of aliphatic hydroxyl groups is 1. The summed E-state index contributed by atoms with van der Waals surface area (Å²) in [5.41, 5.74) is 1.74. The molecule has 1 heterocycles. The average molecular weight is 301 g/mol. The minimum absolute atomic E-state index is 0.0405. The third-order valence-corrected chi connectivity index (χ3v) is 4.76. The maximum Gasteiger partial charge on any atom is 0.229 e. The molecule has 0 unspecified atom stereocenters. The number of para-hydroxylation sites is 2. The number of rotatable bonds is 5. The molecule has 22 heavy (non-hydrogen) atoms. The fourth-order valence-electron chi connectivity index (χ4n) is 3.45. The summed E-state index contributed by atoms with van der Waals surface area (Å²) in [6.45, 7) is 0.790. The van der Waals surface area contributed by atoms with E-state index in [1.807, 2.05) is 31.3 Å². The van der Waals surface area contributed by atoms with Crippen LogP contribution in [0.2, 0.25) is 0 Å². The van der Waals surface area contributed by atoms with Crippen molar-refractivity contribution in [3.63, 3.8) is 0 Å². The molecule has 1 saturated carbocycles. The molecule has 0 radical (unpaired) electrons. The Morgan fingerprint density at radius 1 is 1.36 bits per heavy atom. The van der Waals surface area contributed by atoms with E-state index in [2.05, 4.69) is 9.97 Å². The number of aromatic amines is 1. The number of fused-ring (bicyclic) bond motifs is 1. The van der Waals surface area contributed by atoms with E-state index in [0.717, 1.165) is 36.7 Å². The second-order valence-corrected chi connectivity index (χ2v) is 6.49. The Balaban J connectivity index is 1.65. The number of nitrogens with one attached hydrogen (secondary N) is 1. The van der Waals surface area contributed by atoms with Crippen LogP contribution in [0.4, 0.5) is 0 Å². The number of aromatic nitrogens is 2. The predicted octanol–water partition coefficient (Wildman–Crippen LogP) is 2.12. The van der Waals surface area contributed by atoms with Gasteiger partial charge in [0.05, 0.1) is 24.1 Å². The van der Waals surface area contributed by atoms with Crippen LogP contribution < -0.4 is 0 Å². The lowest BCUT2D eigenvalue weighted by Gasteiger charge is -2.31. The number of aliphatic hydroxyl groups excluding tert-OH is 1. The number of amides is 1. The van der Waals surface area contributed by atoms with Gasteiger partial charge in [-0.25, -0.2) is 4.98 Å². The first-order chi connectivity index (χ1) is 10.6. The summed E-state index contributed by atoms with van der Waals surface area (Å²) in [6.07, 6.45) is 4.57. The third kappa shape index (κ3) is 2.99. The molecule has 0 spiro atoms. The smallest absolute Gasteiger partial charge is 0.229 e. The SMILES string of the molecule is CN(CC1(CO)CCCC1)C(=O)Cc1nc2ccccc2[nH]1. The molecule has 0 aliphatic heterocycles. The van der Waals surface area contributed by atoms with E-state index in [0.29, 0.717) is 12.4 Å². The molecule has 1 aliphatic carbocycles. The minimum Gasteiger partial charge on any atom is -0.396 e. The number of hydrogen-bond acceptors (Lipinski definition) is 3. The minimum atomic E-state index is -0.0989. The number of carbonyl (C=O) groups excluding carboxylic acids is 1. The highest BCUT2D eigenvalue weighted by Crippen LogP contribution is 2.38. The molecule has 118 valence electrons. The quantitative estimate of drug-likeness (QED) is 0.888. The van der Waals surface area contributed by atoms with Crippen LogP contribution in [0.1, 0.15) is 31.5 Å². The number of imidazole rings is 1. The van der Waals surface area contributed by atoms with Crippen LogP contribution >= 0.6 is 0 Å². The lowest BCUT2D eigenvalue weighted by Crippen LogP contribution is -2.40. The summed E-state index contributed by atoms with van der Waals surface area (Å²) in [5, 5.41) is 9.68. The summed E-state index contributed by atoms with van der Waals surface area (Å²) in [7, 11) is 1.82. The zero-order chi connectivity index (χ0) is 15.6. The molecular weight excluding hydrogens is 278 g/mol. The first-order valence-corrected chi connectivity index (χ1v) is 7.90. The Bertz CT molecular complexity index is 626. The van der Waals surface area contributed by atoms with Crippen molar-refractivity contribution in [1.29, 1.82) is 0 Å². The molecule has 0 atom stereocenters. The highest BCUT2D eigenvalue weighted by Gasteiger charge is 2.35. The van der Waals surface area contributed by atoms with Crippen LogP contribution in [0, 0.1) is 5.41 Å². The molecule has 1 aliphatic rings. The van der Waals surface area contributed by atoms with Crippen molar-refractivity contribution in [3.8, 4) is 0 Å². The summed E-state index contributed by atoms with van der Waals surface area (Å²) in [6, 6.07) is 7.78. The van der Waals surface area contributed by atoms with E-state index >= 15 is 0 Å². The number of nitrogens with zero attached hydrogens (tertiary/aromatic N) is 2. The van der Waals surface area contributed by atoms with Crippen LogP contribution in [-0.2, 0) is 11.2 Å². The predicted molar refractivity (Wildman–Crippen MR) is 85.4 cm³/mol. The Morgan fingerprint density at radius 2 is 2.09 bits per heavy atom. The van der Waals surface area contributed by atoms with Gasteiger partial charge in [0.25, 0.3) is 0 Å². The Hall–Kier alpha value is -1.88. The number of benzene rings is 1. The van der Waals surface area contributed by atoms with E-state index in [4.69, 9.17) is 0 Å². The van der Waals surface area contributed by atoms with Gasteiger partial charge < -0.3 is 15.0 Å². The van der Waals surface area contributed by atoms with Crippen LogP contribution in [0.3, 0.4) is 0 Å². The van der Waals surface area contributed by atoms with E-state index in [1.165, 1.54) is 0 Å². The van der Waals surface area contributed by atoms with Gasteiger partial charge in [0.2, 0.25) is 5.91 Å². The lowest BCUT2D eigenvalue weighted by atomic mass is 9.86. The number of H-pyrrole nitrogens is 1. The molecule has 0 saturated heterocycles. The number of carbonyl (C=O) groups is 1. The van der Waals surface area contributed by atoms with Crippen LogP contribution in [0.25, 0.3) is 11.0 Å². The second kappa shape index (κ2) is 6.08. The van der Waals surface area contributed by atoms with Gasteiger partial charge in [-0.05, 0) is 25.0 Å². The molecule has 1 aromatic carbocycles. The van der Waals surface area contributed by atoms with E-state index in [9.17, 15) is 9.90 Å². The highest BCUT2D eigenvalue weighted by atomic mass is 16.3. The summed E-state index contributed by atoms with van der Waals surface area (Å²) in [4.78, 5) is 21.8. The first-order valence-electron chi connectivity index (χ1n) is 7.90. The van der Waals surface area contributed by atoms with Crippen molar-refractivity contribution in [2.75, 3.05) is 20.2 Å². The normalized spacial score (nSPS) is 17.0. The van der Waals surface area contributed by atoms with Gasteiger partial charge in [0, 0.05) is 19.0 Å². The fraction of sp³-hybridized carbons (Fsp3) is 0.529. The molecule has 0 bridgehead atoms. The molecule has 1 aromatic heterocycles. The number of hydrogen-bond donors (Lipinski definition) is 2. The Kier molecular flexibility index (Phi) is 4.16. The van der Waals surface area contributed by atoms with Crippen molar-refractivity contribution < 1.29 is 9.90 Å². The lowest BCUT2D eigenvalue weighted by molar-refractivity contribution is -0.131. The summed E-state index contributed by atoms with van der Waals surface area (Å²) in [5.74, 6) is 0.737. The van der Waals surface area contributed by atoms with E-state index < -0.39 is 0 Å². The fourth-order valence-corrected chi connectivity index (χ4v) is 3.45. The van der Waals surface area contributed by atoms with Crippen LogP contribution in [0.15, 0.2) is 24.3 Å². The molecule has 5 nitrogen and oxygen atoms in total. The number of likely N-dealkylation sites (N-methyl/N-ethyl adjacent to an activating group) is 1. The van der Waals surface area contributed by atoms with Crippen molar-refractivity contribution in [3.05, 3.63) is 30.1 Å². The Morgan fingerprint density at radius 3 is 2.77 bits per heavy atom. The summed E-state index contributed by atoms with van der Waals surface area (Å²) >= 11 is 0. The molecule has 1 amide bonds. The Labute approximate surface area is 130 Å². The third-order valence-electron chi connectivity index (χ3n) is 4.76. The van der Waals surface area contributed by atoms with Gasteiger partial charge in [-0.2, -0.15) is 0 Å². The van der Waals surface area contributed by atoms with Gasteiger partial charge in [0.15, 0.2) is 0 Å². The molecule has 2 N–H and O–H groups in total. The molecule has 3 rings (SSSR count). The van der Waals surface area contributed by atoms with Crippen molar-refractivity contribution in [2.45, 2.75) is 32.1 Å². The maximum atomic E-state index is 12.4. The van der Waals surface area contributed by atoms with Crippen molar-refractivity contribution >= 4 is 16.9 Å². The van der Waals surface area contributed by atoms with Gasteiger partial charge in [0.1, 0.15) is 5.82 Å². The van der Waals surface area contributed by atoms with Gasteiger partial charge in [-0.3, -0.25) is 4.79 Å². The first kappa shape index (κ1) is 15.0. The standard InChI is InChI=1S/C17H23N3O2/c1-20(11-17(12-21)8-4-5-9-17)16(22)10-15-18-13-6-2-3-7-14(13)19-15/h2-3,6-7,21H,4-5,8-12H2,1H3,(H,18,19). The van der Waals surface area contributed by atoms with E-state index in [1.54, 1.807) is 4.90 Å². The van der Waals surface area contributed by atoms with Crippen LogP contribution in [0.5, 0.6) is 0 Å². The summed E-state index contributed by atoms with van der Waals surface area (Å²) < 4.78 is 0. The van der Waals surface area contributed by atoms with Gasteiger partial charge in [-0.15, -0.1) is 0 Å². The highest BCUT2D eigenvalue weighted by molar-refractivity contribution is 5.80. The van der Waals surface area contributed by atoms with Crippen LogP contribution in [-0.4, -0.2) is 46.1 Å². The maximum absolute atomic E-state index is 12.4. The zero-order valence-electron chi connectivity index (χ0n) is 13.0. The molecule has 1 fully saturated rings. The van der Waals surface area contributed by atoms with Gasteiger partial charge >= 0.3 is 0 Å². The zero-order valence-corrected chi connectivity index (χ0v) is 13.0. The monoisotopic (exact) mass is 301 g/mol. The molecule has 2 aromatic rings. The average Bonchev–Trinajstić information content (AvgIpc) is 3.13. The van der Waals surface area contributed by atoms with E-state index in [-0.39, 0.29) is 24.3 Å². The topological polar surface area (TPSA) is 69.2 Å². The van der Waals surface area contributed by atoms with Crippen molar-refractivity contribution in [1.82, 2.24) is 14.9 Å². The second-order valence-electron chi connectivity index (χ2n) is 6.49. The molecule has 5 heteroatoms.